The molecule has 0 saturated carbocycles. The molecule has 2 aromatic heterocycles. The summed E-state index contributed by atoms with van der Waals surface area (Å²) in [6.07, 6.45) is 2.81. The zero-order valence-corrected chi connectivity index (χ0v) is 10.6. The van der Waals surface area contributed by atoms with E-state index in [1.165, 1.54) is 24.5 Å². The van der Waals surface area contributed by atoms with Gasteiger partial charge in [-0.2, -0.15) is 4.39 Å². The van der Waals surface area contributed by atoms with Crippen molar-refractivity contribution in [3.63, 3.8) is 0 Å². The van der Waals surface area contributed by atoms with Crippen LogP contribution in [0.25, 0.3) is 0 Å². The molecule has 98 valence electrons. The largest absolute Gasteiger partial charge is 0.363 e. The van der Waals surface area contributed by atoms with Crippen molar-refractivity contribution < 1.29 is 9.18 Å². The van der Waals surface area contributed by atoms with Crippen molar-refractivity contribution in [3.05, 3.63) is 48.2 Å². The average Bonchev–Trinajstić information content (AvgIpc) is 2.39. The first-order valence-electron chi connectivity index (χ1n) is 5.63. The number of pyridine rings is 2. The Morgan fingerprint density at radius 2 is 2.05 bits per heavy atom. The van der Waals surface area contributed by atoms with Crippen molar-refractivity contribution in [1.29, 1.82) is 0 Å². The molecule has 5 nitrogen and oxygen atoms in total. The minimum absolute atomic E-state index is 0.0980. The lowest BCUT2D eigenvalue weighted by Gasteiger charge is -2.11. The molecule has 0 bridgehead atoms. The fourth-order valence-corrected chi connectivity index (χ4v) is 1.48. The summed E-state index contributed by atoms with van der Waals surface area (Å²) in [5.74, 6) is -0.576. The van der Waals surface area contributed by atoms with Crippen LogP contribution in [-0.4, -0.2) is 30.0 Å². The Labute approximate surface area is 110 Å². The van der Waals surface area contributed by atoms with E-state index in [-0.39, 0.29) is 5.56 Å². The maximum absolute atomic E-state index is 13.3. The topological polar surface area (TPSA) is 58.1 Å². The van der Waals surface area contributed by atoms with Gasteiger partial charge in [0, 0.05) is 20.3 Å². The van der Waals surface area contributed by atoms with Crippen LogP contribution in [0.4, 0.5) is 15.9 Å². The zero-order chi connectivity index (χ0) is 13.8. The molecule has 0 spiro atoms. The van der Waals surface area contributed by atoms with Crippen molar-refractivity contribution in [3.8, 4) is 0 Å². The van der Waals surface area contributed by atoms with E-state index in [1.807, 2.05) is 19.0 Å². The fraction of sp³-hybridized carbons (Fsp3) is 0.154. The van der Waals surface area contributed by atoms with Crippen LogP contribution in [0, 0.1) is 5.95 Å². The fourth-order valence-electron chi connectivity index (χ4n) is 1.48. The number of amides is 1. The molecule has 0 aliphatic carbocycles. The van der Waals surface area contributed by atoms with Gasteiger partial charge in [-0.1, -0.05) is 0 Å². The first-order chi connectivity index (χ1) is 9.08. The molecule has 0 aliphatic rings. The Kier molecular flexibility index (Phi) is 3.70. The minimum Gasteiger partial charge on any atom is -0.363 e. The first-order valence-corrected chi connectivity index (χ1v) is 5.63. The average molecular weight is 260 g/mol. The zero-order valence-electron chi connectivity index (χ0n) is 10.6. The number of nitrogens with one attached hydrogen (secondary N) is 1. The van der Waals surface area contributed by atoms with Crippen LogP contribution in [0.2, 0.25) is 0 Å². The molecule has 1 amide bonds. The van der Waals surface area contributed by atoms with Gasteiger partial charge in [0.2, 0.25) is 5.95 Å². The van der Waals surface area contributed by atoms with Crippen molar-refractivity contribution in [2.75, 3.05) is 24.3 Å². The molecule has 0 saturated heterocycles. The molecular weight excluding hydrogens is 247 g/mol. The molecule has 19 heavy (non-hydrogen) atoms. The first kappa shape index (κ1) is 12.9. The Morgan fingerprint density at radius 3 is 2.63 bits per heavy atom. The van der Waals surface area contributed by atoms with Gasteiger partial charge in [-0.3, -0.25) is 4.79 Å². The number of hydrogen-bond acceptors (Lipinski definition) is 4. The predicted molar refractivity (Wildman–Crippen MR) is 70.7 cm³/mol. The van der Waals surface area contributed by atoms with Crippen molar-refractivity contribution in [2.45, 2.75) is 0 Å². The molecule has 6 heteroatoms. The third-order valence-corrected chi connectivity index (χ3v) is 2.47. The number of aromatic nitrogens is 2. The lowest BCUT2D eigenvalue weighted by molar-refractivity contribution is 0.102. The van der Waals surface area contributed by atoms with Gasteiger partial charge in [-0.25, -0.2) is 9.97 Å². The van der Waals surface area contributed by atoms with E-state index in [4.69, 9.17) is 0 Å². The summed E-state index contributed by atoms with van der Waals surface area (Å²) < 4.78 is 13.3. The number of rotatable bonds is 3. The van der Waals surface area contributed by atoms with Gasteiger partial charge >= 0.3 is 0 Å². The second kappa shape index (κ2) is 5.43. The lowest BCUT2D eigenvalue weighted by Crippen LogP contribution is -2.15. The van der Waals surface area contributed by atoms with Gasteiger partial charge < -0.3 is 10.2 Å². The Bertz CT molecular complexity index is 583. The van der Waals surface area contributed by atoms with Gasteiger partial charge in [-0.15, -0.1) is 0 Å². The van der Waals surface area contributed by atoms with Gasteiger partial charge in [0.05, 0.1) is 17.4 Å². The molecule has 0 unspecified atom stereocenters. The summed E-state index contributed by atoms with van der Waals surface area (Å²) >= 11 is 0. The summed E-state index contributed by atoms with van der Waals surface area (Å²) in [4.78, 5) is 21.2. The van der Waals surface area contributed by atoms with E-state index in [2.05, 4.69) is 15.3 Å². The second-order valence-electron chi connectivity index (χ2n) is 4.10. The number of nitrogens with zero attached hydrogens (tertiary/aromatic N) is 3. The van der Waals surface area contributed by atoms with Crippen molar-refractivity contribution >= 4 is 17.4 Å². The van der Waals surface area contributed by atoms with E-state index >= 15 is 0 Å². The molecule has 2 heterocycles. The van der Waals surface area contributed by atoms with Crippen molar-refractivity contribution in [2.24, 2.45) is 0 Å². The summed E-state index contributed by atoms with van der Waals surface area (Å²) in [6, 6.07) is 6.34. The number of anilines is 2. The molecule has 2 aromatic rings. The Hall–Kier alpha value is -2.50. The number of carbonyl (C=O) groups excluding carboxylic acids is 1. The number of hydrogen-bond donors (Lipinski definition) is 1. The molecule has 2 rings (SSSR count). The highest BCUT2D eigenvalue weighted by atomic mass is 19.1. The number of halogens is 1. The van der Waals surface area contributed by atoms with E-state index in [9.17, 15) is 9.18 Å². The summed E-state index contributed by atoms with van der Waals surface area (Å²) in [5, 5.41) is 2.57. The van der Waals surface area contributed by atoms with Crippen LogP contribution in [0.5, 0.6) is 0 Å². The summed E-state index contributed by atoms with van der Waals surface area (Å²) in [7, 11) is 3.73. The maximum atomic E-state index is 13.3. The SMILES string of the molecule is CN(C)c1ccc(NC(=O)c2cccnc2F)cn1. The highest BCUT2D eigenvalue weighted by Crippen LogP contribution is 2.13. The standard InChI is InChI=1S/C13H13FN4O/c1-18(2)11-6-5-9(8-16-11)17-13(19)10-4-3-7-15-12(10)14/h3-8H,1-2H3,(H,17,19). The molecule has 0 aromatic carbocycles. The maximum Gasteiger partial charge on any atom is 0.260 e. The third-order valence-electron chi connectivity index (χ3n) is 2.47. The van der Waals surface area contributed by atoms with Gasteiger partial charge in [0.15, 0.2) is 0 Å². The second-order valence-corrected chi connectivity index (χ2v) is 4.10. The lowest BCUT2D eigenvalue weighted by atomic mass is 10.2. The van der Waals surface area contributed by atoms with E-state index < -0.39 is 11.9 Å². The third kappa shape index (κ3) is 3.04. The van der Waals surface area contributed by atoms with E-state index in [0.717, 1.165) is 5.82 Å². The molecule has 0 atom stereocenters. The highest BCUT2D eigenvalue weighted by molar-refractivity contribution is 6.04. The van der Waals surface area contributed by atoms with Gasteiger partial charge in [0.25, 0.3) is 5.91 Å². The summed E-state index contributed by atoms with van der Waals surface area (Å²) in [6.45, 7) is 0. The monoisotopic (exact) mass is 260 g/mol. The van der Waals surface area contributed by atoms with Crippen LogP contribution in [0.3, 0.4) is 0 Å². The van der Waals surface area contributed by atoms with E-state index in [0.29, 0.717) is 5.69 Å². The Morgan fingerprint density at radius 1 is 1.26 bits per heavy atom. The Balaban J connectivity index is 2.13. The van der Waals surface area contributed by atoms with Crippen LogP contribution >= 0.6 is 0 Å². The summed E-state index contributed by atoms with van der Waals surface area (Å²) in [5.41, 5.74) is 0.401. The van der Waals surface area contributed by atoms with Crippen LogP contribution in [0.1, 0.15) is 10.4 Å². The predicted octanol–water partition coefficient (Wildman–Crippen LogP) is 1.93. The quantitative estimate of drug-likeness (QED) is 0.857. The van der Waals surface area contributed by atoms with Crippen LogP contribution in [-0.2, 0) is 0 Å². The molecule has 1 N–H and O–H groups in total. The highest BCUT2D eigenvalue weighted by Gasteiger charge is 2.12. The smallest absolute Gasteiger partial charge is 0.260 e. The van der Waals surface area contributed by atoms with Crippen LogP contribution in [0.15, 0.2) is 36.7 Å². The molecule has 0 aliphatic heterocycles. The normalized spacial score (nSPS) is 10.1. The number of carbonyl (C=O) groups is 1. The van der Waals surface area contributed by atoms with Crippen molar-refractivity contribution in [1.82, 2.24) is 9.97 Å². The van der Waals surface area contributed by atoms with E-state index in [1.54, 1.807) is 12.1 Å². The van der Waals surface area contributed by atoms with Gasteiger partial charge in [-0.05, 0) is 24.3 Å². The molecule has 0 radical (unpaired) electrons. The molecular formula is C13H13FN4O. The minimum atomic E-state index is -0.794. The van der Waals surface area contributed by atoms with Crippen LogP contribution < -0.4 is 10.2 Å². The van der Waals surface area contributed by atoms with Gasteiger partial charge in [0.1, 0.15) is 5.82 Å². The molecule has 0 fully saturated rings.